The van der Waals surface area contributed by atoms with Crippen LogP contribution in [0.15, 0.2) is 41.8 Å². The topological polar surface area (TPSA) is 76.6 Å². The standard InChI is InChI=1S/C29H30N2O4S/c1-29(2,3)19-14-18(15-20-8-7-13-36-20)27-22(16-19)26(21-9-4-5-10-23(21)30-27)28(34)35-17-25(33)31-12-6-11-24(31)32/h4-5,7-10,13,15,19H,6,11-12,14,16-17H2,1-3H3/b18-15+. The average Bonchev–Trinajstić information content (AvgIpc) is 3.52. The van der Waals surface area contributed by atoms with Crippen LogP contribution in [0.5, 0.6) is 0 Å². The largest absolute Gasteiger partial charge is 0.452 e. The van der Waals surface area contributed by atoms with Crippen molar-refractivity contribution in [2.24, 2.45) is 11.3 Å². The van der Waals surface area contributed by atoms with Crippen LogP contribution in [0.25, 0.3) is 22.6 Å². The molecule has 0 bridgehead atoms. The first-order valence-corrected chi connectivity index (χ1v) is 13.3. The number of hydrogen-bond donors (Lipinski definition) is 0. The van der Waals surface area contributed by atoms with E-state index in [0.29, 0.717) is 37.3 Å². The molecule has 1 fully saturated rings. The first kappa shape index (κ1) is 24.4. The van der Waals surface area contributed by atoms with Crippen molar-refractivity contribution in [3.63, 3.8) is 0 Å². The number of para-hydroxylation sites is 1. The SMILES string of the molecule is CC(C)(C)C1C/C(=C\c2cccs2)c2nc3ccccc3c(C(=O)OCC(=O)N3CCCC3=O)c2C1. The number of esters is 1. The maximum Gasteiger partial charge on any atom is 0.339 e. The van der Waals surface area contributed by atoms with Gasteiger partial charge in [-0.2, -0.15) is 0 Å². The minimum atomic E-state index is -0.546. The molecule has 1 aliphatic carbocycles. The predicted octanol–water partition coefficient (Wildman–Crippen LogP) is 5.75. The van der Waals surface area contributed by atoms with Gasteiger partial charge in [-0.1, -0.05) is 45.0 Å². The van der Waals surface area contributed by atoms with Crippen molar-refractivity contribution in [2.45, 2.75) is 46.5 Å². The number of ether oxygens (including phenoxy) is 1. The van der Waals surface area contributed by atoms with Gasteiger partial charge in [-0.3, -0.25) is 14.5 Å². The zero-order chi connectivity index (χ0) is 25.4. The quantitative estimate of drug-likeness (QED) is 0.425. The molecule has 186 valence electrons. The molecule has 1 atom stereocenters. The van der Waals surface area contributed by atoms with Gasteiger partial charge < -0.3 is 4.74 Å². The van der Waals surface area contributed by atoms with E-state index < -0.39 is 18.5 Å². The number of aromatic nitrogens is 1. The zero-order valence-corrected chi connectivity index (χ0v) is 21.7. The molecule has 1 aromatic carbocycles. The van der Waals surface area contributed by atoms with Crippen LogP contribution in [0, 0.1) is 11.3 Å². The first-order valence-electron chi connectivity index (χ1n) is 12.4. The van der Waals surface area contributed by atoms with Gasteiger partial charge in [0.2, 0.25) is 5.91 Å². The minimum Gasteiger partial charge on any atom is -0.452 e. The van der Waals surface area contributed by atoms with E-state index in [0.717, 1.165) is 39.0 Å². The third-order valence-electron chi connectivity index (χ3n) is 7.20. The van der Waals surface area contributed by atoms with Gasteiger partial charge >= 0.3 is 5.97 Å². The van der Waals surface area contributed by atoms with Crippen LogP contribution in [0.4, 0.5) is 0 Å². The van der Waals surface area contributed by atoms with Crippen LogP contribution in [0.1, 0.15) is 66.5 Å². The van der Waals surface area contributed by atoms with Crippen molar-refractivity contribution in [3.8, 4) is 0 Å². The van der Waals surface area contributed by atoms with Gasteiger partial charge in [0.1, 0.15) is 0 Å². The molecule has 6 nitrogen and oxygen atoms in total. The lowest BCUT2D eigenvalue weighted by Crippen LogP contribution is -2.35. The maximum atomic E-state index is 13.6. The molecule has 36 heavy (non-hydrogen) atoms. The van der Waals surface area contributed by atoms with Crippen molar-refractivity contribution in [1.29, 1.82) is 0 Å². The van der Waals surface area contributed by atoms with E-state index in [4.69, 9.17) is 9.72 Å². The highest BCUT2D eigenvalue weighted by atomic mass is 32.1. The molecule has 2 amide bonds. The summed E-state index contributed by atoms with van der Waals surface area (Å²) in [5.41, 5.74) is 4.02. The molecule has 0 N–H and O–H groups in total. The van der Waals surface area contributed by atoms with Gasteiger partial charge in [0, 0.05) is 23.2 Å². The van der Waals surface area contributed by atoms with E-state index in [-0.39, 0.29) is 11.3 Å². The number of carbonyl (C=O) groups excluding carboxylic acids is 3. The predicted molar refractivity (Wildman–Crippen MR) is 141 cm³/mol. The number of imide groups is 1. The summed E-state index contributed by atoms with van der Waals surface area (Å²) in [6.45, 7) is 6.61. The van der Waals surface area contributed by atoms with Gasteiger partial charge in [0.15, 0.2) is 6.61 Å². The highest BCUT2D eigenvalue weighted by Crippen LogP contribution is 2.45. The number of allylic oxidation sites excluding steroid dienone is 1. The Bertz CT molecular complexity index is 1370. The Morgan fingerprint density at radius 3 is 2.67 bits per heavy atom. The summed E-state index contributed by atoms with van der Waals surface area (Å²) in [7, 11) is 0. The van der Waals surface area contributed by atoms with Crippen LogP contribution >= 0.6 is 11.3 Å². The van der Waals surface area contributed by atoms with Crippen LogP contribution in [0.3, 0.4) is 0 Å². The Morgan fingerprint density at radius 2 is 1.97 bits per heavy atom. The monoisotopic (exact) mass is 502 g/mol. The number of thiophene rings is 1. The Kier molecular flexibility index (Phi) is 6.51. The number of nitrogens with zero attached hydrogens (tertiary/aromatic N) is 2. The molecule has 2 aromatic heterocycles. The third-order valence-corrected chi connectivity index (χ3v) is 8.02. The fourth-order valence-electron chi connectivity index (χ4n) is 5.10. The molecule has 0 spiro atoms. The number of benzene rings is 1. The summed E-state index contributed by atoms with van der Waals surface area (Å²) in [6.07, 6.45) is 4.75. The Labute approximate surface area is 215 Å². The summed E-state index contributed by atoms with van der Waals surface area (Å²) < 4.78 is 5.56. The van der Waals surface area contributed by atoms with E-state index in [2.05, 4.69) is 38.3 Å². The molecule has 7 heteroatoms. The number of fused-ring (bicyclic) bond motifs is 2. The molecule has 1 unspecified atom stereocenters. The summed E-state index contributed by atoms with van der Waals surface area (Å²) in [5, 5.41) is 2.77. The van der Waals surface area contributed by atoms with Crippen LogP contribution in [0.2, 0.25) is 0 Å². The second-order valence-corrected chi connectivity index (χ2v) is 11.6. The Balaban J connectivity index is 1.58. The molecule has 1 aliphatic heterocycles. The van der Waals surface area contributed by atoms with Gasteiger partial charge in [-0.25, -0.2) is 9.78 Å². The van der Waals surface area contributed by atoms with E-state index in [1.165, 1.54) is 4.90 Å². The van der Waals surface area contributed by atoms with Crippen LogP contribution in [-0.2, 0) is 20.7 Å². The van der Waals surface area contributed by atoms with Gasteiger partial charge in [0.05, 0.1) is 16.8 Å². The number of hydrogen-bond acceptors (Lipinski definition) is 6. The average molecular weight is 503 g/mol. The normalized spacial score (nSPS) is 19.1. The highest BCUT2D eigenvalue weighted by Gasteiger charge is 2.36. The summed E-state index contributed by atoms with van der Waals surface area (Å²) in [4.78, 5) is 45.4. The van der Waals surface area contributed by atoms with Crippen molar-refractivity contribution in [1.82, 2.24) is 9.88 Å². The third kappa shape index (κ3) is 4.72. The number of likely N-dealkylation sites (tertiary alicyclic amines) is 1. The Hall–Kier alpha value is -3.32. The fraction of sp³-hybridized carbons (Fsp3) is 0.379. The molecule has 3 aromatic rings. The van der Waals surface area contributed by atoms with Gasteiger partial charge in [0.25, 0.3) is 5.91 Å². The Morgan fingerprint density at radius 1 is 1.17 bits per heavy atom. The van der Waals surface area contributed by atoms with Crippen molar-refractivity contribution < 1.29 is 19.1 Å². The lowest BCUT2D eigenvalue weighted by Gasteiger charge is -2.36. The van der Waals surface area contributed by atoms with E-state index >= 15 is 0 Å². The van der Waals surface area contributed by atoms with Crippen molar-refractivity contribution in [2.75, 3.05) is 13.2 Å². The van der Waals surface area contributed by atoms with Gasteiger partial charge in [-0.05, 0) is 65.3 Å². The molecular weight excluding hydrogens is 472 g/mol. The molecule has 3 heterocycles. The smallest absolute Gasteiger partial charge is 0.339 e. The van der Waals surface area contributed by atoms with Crippen molar-refractivity contribution in [3.05, 3.63) is 63.5 Å². The molecule has 1 saturated heterocycles. The summed E-state index contributed by atoms with van der Waals surface area (Å²) in [5.74, 6) is -0.924. The van der Waals surface area contributed by atoms with Crippen molar-refractivity contribution >= 4 is 51.7 Å². The van der Waals surface area contributed by atoms with Crippen LogP contribution < -0.4 is 0 Å². The number of amides is 2. The number of carbonyl (C=O) groups is 3. The number of pyridine rings is 1. The van der Waals surface area contributed by atoms with E-state index in [1.54, 1.807) is 11.3 Å². The second kappa shape index (κ2) is 9.62. The minimum absolute atomic E-state index is 0.0190. The second-order valence-electron chi connectivity index (χ2n) is 10.6. The molecule has 2 aliphatic rings. The van der Waals surface area contributed by atoms with E-state index in [1.807, 2.05) is 30.3 Å². The first-order chi connectivity index (χ1) is 17.2. The summed E-state index contributed by atoms with van der Waals surface area (Å²) in [6, 6.07) is 11.7. The van der Waals surface area contributed by atoms with Crippen LogP contribution in [-0.4, -0.2) is 40.8 Å². The molecule has 5 rings (SSSR count). The maximum absolute atomic E-state index is 13.6. The molecule has 0 radical (unpaired) electrons. The number of rotatable bonds is 4. The summed E-state index contributed by atoms with van der Waals surface area (Å²) >= 11 is 1.67. The molecular formula is C29H30N2O4S. The fourth-order valence-corrected chi connectivity index (χ4v) is 5.79. The zero-order valence-electron chi connectivity index (χ0n) is 20.9. The lowest BCUT2D eigenvalue weighted by molar-refractivity contribution is -0.143. The molecule has 0 saturated carbocycles. The lowest BCUT2D eigenvalue weighted by atomic mass is 9.69. The van der Waals surface area contributed by atoms with E-state index in [9.17, 15) is 14.4 Å². The highest BCUT2D eigenvalue weighted by molar-refractivity contribution is 7.10. The van der Waals surface area contributed by atoms with Gasteiger partial charge in [-0.15, -0.1) is 11.3 Å².